The highest BCUT2D eigenvalue weighted by atomic mass is 19.4. The van der Waals surface area contributed by atoms with E-state index in [9.17, 15) is 13.2 Å². The third-order valence-electron chi connectivity index (χ3n) is 3.31. The predicted octanol–water partition coefficient (Wildman–Crippen LogP) is 0.0552. The molecule has 0 radical (unpaired) electrons. The minimum absolute atomic E-state index is 0.360. The standard InChI is InChI=1S/C11H23F3N4/c1-16(2)3-4-17-5-7-18(8-6-17)10(9-15)11(12,13)14/h10H,3-9,15H2,1-2H3. The van der Waals surface area contributed by atoms with Crippen LogP contribution in [-0.2, 0) is 0 Å². The van der Waals surface area contributed by atoms with E-state index in [-0.39, 0.29) is 6.54 Å². The maximum atomic E-state index is 12.7. The van der Waals surface area contributed by atoms with Gasteiger partial charge in [-0.1, -0.05) is 0 Å². The Kier molecular flexibility index (Phi) is 5.84. The van der Waals surface area contributed by atoms with Crippen molar-refractivity contribution in [3.8, 4) is 0 Å². The number of rotatable bonds is 5. The van der Waals surface area contributed by atoms with Crippen LogP contribution in [0.15, 0.2) is 0 Å². The van der Waals surface area contributed by atoms with Crippen molar-refractivity contribution in [2.75, 3.05) is 59.9 Å². The van der Waals surface area contributed by atoms with Crippen LogP contribution in [0.25, 0.3) is 0 Å². The topological polar surface area (TPSA) is 35.7 Å². The third-order valence-corrected chi connectivity index (χ3v) is 3.31. The monoisotopic (exact) mass is 268 g/mol. The van der Waals surface area contributed by atoms with E-state index in [1.165, 1.54) is 4.90 Å². The van der Waals surface area contributed by atoms with Crippen LogP contribution in [0.5, 0.6) is 0 Å². The Morgan fingerprint density at radius 1 is 1.17 bits per heavy atom. The molecule has 18 heavy (non-hydrogen) atoms. The number of hydrogen-bond donors (Lipinski definition) is 1. The maximum absolute atomic E-state index is 12.7. The van der Waals surface area contributed by atoms with Crippen LogP contribution in [0, 0.1) is 0 Å². The molecule has 0 aliphatic carbocycles. The summed E-state index contributed by atoms with van der Waals surface area (Å²) in [6.07, 6.45) is -4.22. The van der Waals surface area contributed by atoms with E-state index in [1.54, 1.807) is 0 Å². The summed E-state index contributed by atoms with van der Waals surface area (Å²) >= 11 is 0. The fraction of sp³-hybridized carbons (Fsp3) is 1.00. The summed E-state index contributed by atoms with van der Waals surface area (Å²) < 4.78 is 38.1. The average molecular weight is 268 g/mol. The zero-order valence-corrected chi connectivity index (χ0v) is 11.1. The molecule has 2 N–H and O–H groups in total. The Balaban J connectivity index is 2.38. The molecule has 4 nitrogen and oxygen atoms in total. The molecule has 1 saturated heterocycles. The molecule has 1 fully saturated rings. The number of nitrogens with zero attached hydrogens (tertiary/aromatic N) is 3. The molecular formula is C11H23F3N4. The summed E-state index contributed by atoms with van der Waals surface area (Å²) in [7, 11) is 3.98. The first-order valence-corrected chi connectivity index (χ1v) is 6.22. The van der Waals surface area contributed by atoms with Gasteiger partial charge in [-0.15, -0.1) is 0 Å². The maximum Gasteiger partial charge on any atom is 0.405 e. The molecule has 0 aromatic rings. The highest BCUT2D eigenvalue weighted by molar-refractivity contribution is 4.84. The van der Waals surface area contributed by atoms with Crippen LogP contribution >= 0.6 is 0 Å². The highest BCUT2D eigenvalue weighted by Crippen LogP contribution is 2.24. The molecule has 0 saturated carbocycles. The van der Waals surface area contributed by atoms with Gasteiger partial charge in [-0.3, -0.25) is 9.80 Å². The molecule has 0 spiro atoms. The Bertz CT molecular complexity index is 237. The molecule has 1 rings (SSSR count). The van der Waals surface area contributed by atoms with Crippen molar-refractivity contribution in [1.82, 2.24) is 14.7 Å². The van der Waals surface area contributed by atoms with E-state index >= 15 is 0 Å². The average Bonchev–Trinajstić information content (AvgIpc) is 2.27. The van der Waals surface area contributed by atoms with Crippen LogP contribution in [0.3, 0.4) is 0 Å². The minimum atomic E-state index is -4.22. The first-order chi connectivity index (χ1) is 8.34. The van der Waals surface area contributed by atoms with Crippen molar-refractivity contribution in [3.05, 3.63) is 0 Å². The number of halogens is 3. The van der Waals surface area contributed by atoms with Gasteiger partial charge < -0.3 is 10.6 Å². The number of nitrogens with two attached hydrogens (primary N) is 1. The first kappa shape index (κ1) is 15.7. The van der Waals surface area contributed by atoms with Gasteiger partial charge in [0.1, 0.15) is 6.04 Å². The van der Waals surface area contributed by atoms with Crippen molar-refractivity contribution in [1.29, 1.82) is 0 Å². The van der Waals surface area contributed by atoms with E-state index in [2.05, 4.69) is 9.80 Å². The molecule has 1 aliphatic heterocycles. The minimum Gasteiger partial charge on any atom is -0.329 e. The van der Waals surface area contributed by atoms with Crippen LogP contribution in [0.1, 0.15) is 0 Å². The molecule has 1 heterocycles. The van der Waals surface area contributed by atoms with Gasteiger partial charge in [-0.25, -0.2) is 0 Å². The van der Waals surface area contributed by atoms with Crippen molar-refractivity contribution >= 4 is 0 Å². The first-order valence-electron chi connectivity index (χ1n) is 6.22. The van der Waals surface area contributed by atoms with Gasteiger partial charge in [0, 0.05) is 45.8 Å². The SMILES string of the molecule is CN(C)CCN1CCN(C(CN)C(F)(F)F)CC1. The van der Waals surface area contributed by atoms with Crippen molar-refractivity contribution in [3.63, 3.8) is 0 Å². The van der Waals surface area contributed by atoms with Crippen molar-refractivity contribution < 1.29 is 13.2 Å². The zero-order chi connectivity index (χ0) is 13.8. The lowest BCUT2D eigenvalue weighted by Gasteiger charge is -2.39. The second-order valence-corrected chi connectivity index (χ2v) is 4.97. The second kappa shape index (κ2) is 6.70. The summed E-state index contributed by atoms with van der Waals surface area (Å²) in [5.74, 6) is 0. The Morgan fingerprint density at radius 3 is 2.11 bits per heavy atom. The van der Waals surface area contributed by atoms with Gasteiger partial charge in [0.2, 0.25) is 0 Å². The van der Waals surface area contributed by atoms with Crippen LogP contribution in [0.2, 0.25) is 0 Å². The molecule has 1 unspecified atom stereocenters. The Hall–Kier alpha value is -0.370. The van der Waals surface area contributed by atoms with E-state index in [1.807, 2.05) is 14.1 Å². The molecular weight excluding hydrogens is 245 g/mol. The fourth-order valence-corrected chi connectivity index (χ4v) is 2.13. The van der Waals surface area contributed by atoms with Gasteiger partial charge in [-0.2, -0.15) is 13.2 Å². The van der Waals surface area contributed by atoms with E-state index in [4.69, 9.17) is 5.73 Å². The molecule has 0 aromatic heterocycles. The lowest BCUT2D eigenvalue weighted by Crippen LogP contribution is -2.57. The molecule has 0 amide bonds. The summed E-state index contributed by atoms with van der Waals surface area (Å²) in [6, 6.07) is -1.49. The second-order valence-electron chi connectivity index (χ2n) is 4.97. The van der Waals surface area contributed by atoms with Crippen LogP contribution in [-0.4, -0.2) is 86.8 Å². The molecule has 108 valence electrons. The zero-order valence-electron chi connectivity index (χ0n) is 11.1. The van der Waals surface area contributed by atoms with E-state index in [0.717, 1.165) is 13.1 Å². The largest absolute Gasteiger partial charge is 0.405 e. The fourth-order valence-electron chi connectivity index (χ4n) is 2.13. The summed E-state index contributed by atoms with van der Waals surface area (Å²) in [5.41, 5.74) is 5.24. The summed E-state index contributed by atoms with van der Waals surface area (Å²) in [5, 5.41) is 0. The number of likely N-dealkylation sites (N-methyl/N-ethyl adjacent to an activating group) is 1. The smallest absolute Gasteiger partial charge is 0.329 e. The van der Waals surface area contributed by atoms with Gasteiger partial charge in [-0.05, 0) is 14.1 Å². The van der Waals surface area contributed by atoms with Gasteiger partial charge >= 0.3 is 6.18 Å². The summed E-state index contributed by atoms with van der Waals surface area (Å²) in [6.45, 7) is 3.71. The molecule has 0 bridgehead atoms. The highest BCUT2D eigenvalue weighted by Gasteiger charge is 2.43. The Labute approximate surface area is 106 Å². The molecule has 0 aromatic carbocycles. The Morgan fingerprint density at radius 2 is 1.72 bits per heavy atom. The van der Waals surface area contributed by atoms with Crippen molar-refractivity contribution in [2.45, 2.75) is 12.2 Å². The van der Waals surface area contributed by atoms with Crippen LogP contribution < -0.4 is 5.73 Å². The normalized spacial score (nSPS) is 21.5. The number of alkyl halides is 3. The van der Waals surface area contributed by atoms with Gasteiger partial charge in [0.25, 0.3) is 0 Å². The molecule has 7 heteroatoms. The number of hydrogen-bond acceptors (Lipinski definition) is 4. The third kappa shape index (κ3) is 4.72. The predicted molar refractivity (Wildman–Crippen MR) is 65.5 cm³/mol. The lowest BCUT2D eigenvalue weighted by atomic mass is 10.2. The lowest BCUT2D eigenvalue weighted by molar-refractivity contribution is -0.184. The molecule has 1 aliphatic rings. The van der Waals surface area contributed by atoms with Crippen LogP contribution in [0.4, 0.5) is 13.2 Å². The molecule has 1 atom stereocenters. The van der Waals surface area contributed by atoms with E-state index in [0.29, 0.717) is 26.2 Å². The van der Waals surface area contributed by atoms with E-state index < -0.39 is 12.2 Å². The number of piperazine rings is 1. The van der Waals surface area contributed by atoms with Crippen molar-refractivity contribution in [2.24, 2.45) is 5.73 Å². The summed E-state index contributed by atoms with van der Waals surface area (Å²) in [4.78, 5) is 5.72. The quantitative estimate of drug-likeness (QED) is 0.764. The van der Waals surface area contributed by atoms with Gasteiger partial charge in [0.05, 0.1) is 0 Å². The van der Waals surface area contributed by atoms with Gasteiger partial charge in [0.15, 0.2) is 0 Å².